The zero-order chi connectivity index (χ0) is 12.7. The molecule has 0 radical (unpaired) electrons. The maximum Gasteiger partial charge on any atom is 0.122 e. The molecule has 0 heterocycles. The summed E-state index contributed by atoms with van der Waals surface area (Å²) in [6.07, 6.45) is 5.39. The van der Waals surface area contributed by atoms with E-state index in [4.69, 9.17) is 4.74 Å². The molecule has 98 valence electrons. The number of fused-ring (bicyclic) bond motifs is 2. The van der Waals surface area contributed by atoms with Crippen LogP contribution in [0.2, 0.25) is 0 Å². The third-order valence-electron chi connectivity index (χ3n) is 4.63. The molecule has 2 bridgehead atoms. The fourth-order valence-corrected chi connectivity index (χ4v) is 3.56. The summed E-state index contributed by atoms with van der Waals surface area (Å²) in [7, 11) is 0. The Morgan fingerprint density at radius 2 is 2.11 bits per heavy atom. The van der Waals surface area contributed by atoms with E-state index < -0.39 is 6.10 Å². The highest BCUT2D eigenvalue weighted by molar-refractivity contribution is 5.37. The van der Waals surface area contributed by atoms with Gasteiger partial charge in [0.2, 0.25) is 0 Å². The topological polar surface area (TPSA) is 29.5 Å². The number of aliphatic hydroxyl groups is 1. The number of aryl methyl sites for hydroxylation is 1. The smallest absolute Gasteiger partial charge is 0.122 e. The molecule has 0 amide bonds. The Morgan fingerprint density at radius 3 is 2.67 bits per heavy atom. The highest BCUT2D eigenvalue weighted by atomic mass is 16.5. The van der Waals surface area contributed by atoms with Gasteiger partial charge in [-0.3, -0.25) is 0 Å². The zero-order valence-corrected chi connectivity index (χ0v) is 11.2. The van der Waals surface area contributed by atoms with Gasteiger partial charge < -0.3 is 9.84 Å². The van der Waals surface area contributed by atoms with Crippen LogP contribution in [-0.4, -0.2) is 11.2 Å². The van der Waals surface area contributed by atoms with Crippen LogP contribution in [0, 0.1) is 18.8 Å². The molecule has 2 aliphatic rings. The van der Waals surface area contributed by atoms with Crippen molar-refractivity contribution in [1.82, 2.24) is 0 Å². The van der Waals surface area contributed by atoms with E-state index in [0.29, 0.717) is 6.10 Å². The van der Waals surface area contributed by atoms with Crippen molar-refractivity contribution in [3.63, 3.8) is 0 Å². The lowest BCUT2D eigenvalue weighted by molar-refractivity contribution is 0.137. The molecule has 2 heteroatoms. The summed E-state index contributed by atoms with van der Waals surface area (Å²) < 4.78 is 6.19. The third kappa shape index (κ3) is 2.14. The molecule has 4 atom stereocenters. The van der Waals surface area contributed by atoms with Crippen molar-refractivity contribution < 1.29 is 9.84 Å². The first-order valence-corrected chi connectivity index (χ1v) is 7.08. The van der Waals surface area contributed by atoms with Gasteiger partial charge in [-0.15, -0.1) is 0 Å². The lowest BCUT2D eigenvalue weighted by atomic mass is 9.97. The van der Waals surface area contributed by atoms with Crippen LogP contribution >= 0.6 is 0 Å². The Kier molecular flexibility index (Phi) is 3.06. The van der Waals surface area contributed by atoms with Gasteiger partial charge in [-0.2, -0.15) is 0 Å². The molecule has 2 saturated carbocycles. The molecular weight excluding hydrogens is 224 g/mol. The van der Waals surface area contributed by atoms with Crippen molar-refractivity contribution in [2.45, 2.75) is 51.7 Å². The minimum atomic E-state index is -0.403. The summed E-state index contributed by atoms with van der Waals surface area (Å²) in [5.74, 6) is 2.69. The second-order valence-electron chi connectivity index (χ2n) is 6.03. The van der Waals surface area contributed by atoms with Crippen molar-refractivity contribution in [3.8, 4) is 5.75 Å². The summed E-state index contributed by atoms with van der Waals surface area (Å²) in [5, 5.41) is 9.57. The van der Waals surface area contributed by atoms with Crippen molar-refractivity contribution in [3.05, 3.63) is 29.3 Å². The molecule has 0 aliphatic heterocycles. The Labute approximate surface area is 109 Å². The Hall–Kier alpha value is -1.02. The highest BCUT2D eigenvalue weighted by Gasteiger charge is 2.41. The molecule has 1 N–H and O–H groups in total. The minimum absolute atomic E-state index is 0.403. The quantitative estimate of drug-likeness (QED) is 0.882. The first kappa shape index (κ1) is 12.0. The van der Waals surface area contributed by atoms with Crippen LogP contribution in [0.3, 0.4) is 0 Å². The number of hydrogen-bond donors (Lipinski definition) is 1. The van der Waals surface area contributed by atoms with Crippen LogP contribution in [-0.2, 0) is 0 Å². The van der Waals surface area contributed by atoms with Crippen molar-refractivity contribution in [2.24, 2.45) is 11.8 Å². The monoisotopic (exact) mass is 246 g/mol. The van der Waals surface area contributed by atoms with E-state index in [-0.39, 0.29) is 0 Å². The van der Waals surface area contributed by atoms with Gasteiger partial charge in [0, 0.05) is 0 Å². The molecule has 1 aromatic rings. The van der Waals surface area contributed by atoms with E-state index in [9.17, 15) is 5.11 Å². The fourth-order valence-electron chi connectivity index (χ4n) is 3.56. The Bertz CT molecular complexity index is 439. The van der Waals surface area contributed by atoms with Gasteiger partial charge >= 0.3 is 0 Å². The Morgan fingerprint density at radius 1 is 1.28 bits per heavy atom. The van der Waals surface area contributed by atoms with Gasteiger partial charge in [-0.05, 0) is 74.6 Å². The summed E-state index contributed by atoms with van der Waals surface area (Å²) in [6, 6.07) is 6.02. The second-order valence-corrected chi connectivity index (χ2v) is 6.03. The van der Waals surface area contributed by atoms with E-state index in [2.05, 4.69) is 6.92 Å². The largest absolute Gasteiger partial charge is 0.490 e. The summed E-state index contributed by atoms with van der Waals surface area (Å²) in [4.78, 5) is 0. The maximum atomic E-state index is 9.57. The molecule has 2 aliphatic carbocycles. The summed E-state index contributed by atoms with van der Waals surface area (Å²) in [5.41, 5.74) is 2.10. The second kappa shape index (κ2) is 4.58. The molecule has 2 nitrogen and oxygen atoms in total. The van der Waals surface area contributed by atoms with Gasteiger partial charge in [0.1, 0.15) is 11.9 Å². The SMILES string of the molecule is Cc1cc(C(C)O)ccc1OC1CC2CCC1C2. The van der Waals surface area contributed by atoms with Crippen LogP contribution < -0.4 is 4.74 Å². The predicted molar refractivity (Wildman–Crippen MR) is 71.7 cm³/mol. The van der Waals surface area contributed by atoms with Crippen molar-refractivity contribution >= 4 is 0 Å². The molecule has 3 rings (SSSR count). The number of benzene rings is 1. The van der Waals surface area contributed by atoms with Crippen LogP contribution in [0.5, 0.6) is 5.75 Å². The summed E-state index contributed by atoms with van der Waals surface area (Å²) in [6.45, 7) is 3.86. The number of hydrogen-bond acceptors (Lipinski definition) is 2. The molecule has 0 saturated heterocycles. The van der Waals surface area contributed by atoms with E-state index >= 15 is 0 Å². The molecule has 2 fully saturated rings. The Balaban J connectivity index is 1.73. The van der Waals surface area contributed by atoms with Gasteiger partial charge in [0.05, 0.1) is 6.10 Å². The van der Waals surface area contributed by atoms with Crippen LogP contribution in [0.25, 0.3) is 0 Å². The average Bonchev–Trinajstić information content (AvgIpc) is 2.93. The highest BCUT2D eigenvalue weighted by Crippen LogP contribution is 2.46. The fraction of sp³-hybridized carbons (Fsp3) is 0.625. The predicted octanol–water partition coefficient (Wildman–Crippen LogP) is 3.62. The molecular formula is C16H22O2. The van der Waals surface area contributed by atoms with Crippen LogP contribution in [0.4, 0.5) is 0 Å². The minimum Gasteiger partial charge on any atom is -0.490 e. The molecule has 0 aromatic heterocycles. The molecule has 4 unspecified atom stereocenters. The number of ether oxygens (including phenoxy) is 1. The van der Waals surface area contributed by atoms with E-state index in [1.807, 2.05) is 18.2 Å². The van der Waals surface area contributed by atoms with E-state index in [0.717, 1.165) is 28.7 Å². The van der Waals surface area contributed by atoms with Gasteiger partial charge in [0.15, 0.2) is 0 Å². The van der Waals surface area contributed by atoms with Crippen molar-refractivity contribution in [2.75, 3.05) is 0 Å². The average molecular weight is 246 g/mol. The van der Waals surface area contributed by atoms with Gasteiger partial charge in [-0.25, -0.2) is 0 Å². The molecule has 0 spiro atoms. The van der Waals surface area contributed by atoms with Crippen LogP contribution in [0.1, 0.15) is 49.8 Å². The van der Waals surface area contributed by atoms with E-state index in [1.165, 1.54) is 25.7 Å². The lowest BCUT2D eigenvalue weighted by Gasteiger charge is -2.24. The number of rotatable bonds is 3. The molecule has 1 aromatic carbocycles. The third-order valence-corrected chi connectivity index (χ3v) is 4.63. The normalized spacial score (nSPS) is 31.6. The van der Waals surface area contributed by atoms with Crippen molar-refractivity contribution in [1.29, 1.82) is 0 Å². The van der Waals surface area contributed by atoms with E-state index in [1.54, 1.807) is 6.92 Å². The number of aliphatic hydroxyl groups excluding tert-OH is 1. The molecule has 18 heavy (non-hydrogen) atoms. The zero-order valence-electron chi connectivity index (χ0n) is 11.2. The standard InChI is InChI=1S/C16H22O2/c1-10-7-13(11(2)17)5-6-15(10)18-16-9-12-3-4-14(16)8-12/h5-7,11-12,14,16-17H,3-4,8-9H2,1-2H3. The lowest BCUT2D eigenvalue weighted by Crippen LogP contribution is -2.23. The van der Waals surface area contributed by atoms with Gasteiger partial charge in [0.25, 0.3) is 0 Å². The van der Waals surface area contributed by atoms with Crippen LogP contribution in [0.15, 0.2) is 18.2 Å². The maximum absolute atomic E-state index is 9.57. The van der Waals surface area contributed by atoms with Gasteiger partial charge in [-0.1, -0.05) is 6.07 Å². The first-order chi connectivity index (χ1) is 8.63. The first-order valence-electron chi connectivity index (χ1n) is 7.08. The summed E-state index contributed by atoms with van der Waals surface area (Å²) >= 11 is 0.